The highest BCUT2D eigenvalue weighted by molar-refractivity contribution is 9.10. The summed E-state index contributed by atoms with van der Waals surface area (Å²) >= 11 is 9.43. The Kier molecular flexibility index (Phi) is 2.83. The van der Waals surface area contributed by atoms with E-state index in [1.54, 1.807) is 10.9 Å². The molecule has 2 aromatic rings. The smallest absolute Gasteiger partial charge is 0.231 e. The molecule has 1 aliphatic heterocycles. The highest BCUT2D eigenvalue weighted by Gasteiger charge is 2.18. The molecule has 0 unspecified atom stereocenters. The molecule has 1 aromatic carbocycles. The first-order valence-electron chi connectivity index (χ1n) is 5.20. The summed E-state index contributed by atoms with van der Waals surface area (Å²) in [6.45, 7) is 0.724. The van der Waals surface area contributed by atoms with Crippen molar-refractivity contribution in [3.63, 3.8) is 0 Å². The van der Waals surface area contributed by atoms with E-state index in [-0.39, 0.29) is 6.79 Å². The first-order chi connectivity index (χ1) is 8.65. The number of hydrogen-bond acceptors (Lipinski definition) is 4. The predicted octanol–water partition coefficient (Wildman–Crippen LogP) is 2.66. The van der Waals surface area contributed by atoms with Gasteiger partial charge in [-0.05, 0) is 33.6 Å². The van der Waals surface area contributed by atoms with Crippen molar-refractivity contribution in [1.29, 1.82) is 0 Å². The molecule has 18 heavy (non-hydrogen) atoms. The number of nitrogens with two attached hydrogens (primary N) is 1. The molecule has 2 heterocycles. The van der Waals surface area contributed by atoms with Crippen LogP contribution in [-0.4, -0.2) is 16.6 Å². The first kappa shape index (κ1) is 11.7. The Morgan fingerprint density at radius 2 is 2.28 bits per heavy atom. The number of nitrogens with zero attached hydrogens (tertiary/aromatic N) is 2. The number of rotatable bonds is 2. The summed E-state index contributed by atoms with van der Waals surface area (Å²) in [5, 5.41) is 4.70. The highest BCUT2D eigenvalue weighted by Crippen LogP contribution is 2.40. The van der Waals surface area contributed by atoms with E-state index in [0.717, 1.165) is 10.0 Å². The lowest BCUT2D eigenvalue weighted by molar-refractivity contribution is 0.174. The van der Waals surface area contributed by atoms with Gasteiger partial charge in [0.15, 0.2) is 11.5 Å². The fourth-order valence-electron chi connectivity index (χ4n) is 1.78. The standard InChI is InChI=1S/C11H9BrClN3O2/c12-7-3-15-16(11(7)14)4-6-1-8(13)10-9(2-6)17-5-18-10/h1-3H,4-5,14H2. The number of fused-ring (bicyclic) bond motifs is 1. The molecular weight excluding hydrogens is 321 g/mol. The van der Waals surface area contributed by atoms with E-state index in [9.17, 15) is 0 Å². The molecule has 1 aromatic heterocycles. The lowest BCUT2D eigenvalue weighted by Crippen LogP contribution is -2.05. The minimum Gasteiger partial charge on any atom is -0.454 e. The van der Waals surface area contributed by atoms with E-state index < -0.39 is 0 Å². The lowest BCUT2D eigenvalue weighted by Gasteiger charge is -2.07. The molecule has 3 rings (SSSR count). The van der Waals surface area contributed by atoms with Gasteiger partial charge in [-0.1, -0.05) is 11.6 Å². The van der Waals surface area contributed by atoms with Crippen LogP contribution in [0.25, 0.3) is 0 Å². The number of hydrogen-bond donors (Lipinski definition) is 1. The van der Waals surface area contributed by atoms with E-state index >= 15 is 0 Å². The Morgan fingerprint density at radius 3 is 3.00 bits per heavy atom. The molecule has 0 amide bonds. The molecule has 0 spiro atoms. The molecule has 0 saturated carbocycles. The van der Waals surface area contributed by atoms with Crippen LogP contribution >= 0.6 is 27.5 Å². The summed E-state index contributed by atoms with van der Waals surface area (Å²) in [4.78, 5) is 0. The van der Waals surface area contributed by atoms with Crippen molar-refractivity contribution >= 4 is 33.3 Å². The number of ether oxygens (including phenoxy) is 2. The molecule has 0 radical (unpaired) electrons. The minimum atomic E-state index is 0.202. The third kappa shape index (κ3) is 1.91. The largest absolute Gasteiger partial charge is 0.454 e. The van der Waals surface area contributed by atoms with Crippen molar-refractivity contribution in [1.82, 2.24) is 9.78 Å². The number of anilines is 1. The van der Waals surface area contributed by atoms with Crippen molar-refractivity contribution < 1.29 is 9.47 Å². The van der Waals surface area contributed by atoms with Crippen molar-refractivity contribution in [2.45, 2.75) is 6.54 Å². The molecule has 1 aliphatic rings. The van der Waals surface area contributed by atoms with E-state index in [1.165, 1.54) is 0 Å². The minimum absolute atomic E-state index is 0.202. The van der Waals surface area contributed by atoms with Crippen LogP contribution in [0.2, 0.25) is 5.02 Å². The summed E-state index contributed by atoms with van der Waals surface area (Å²) in [5.74, 6) is 1.82. The topological polar surface area (TPSA) is 62.3 Å². The zero-order chi connectivity index (χ0) is 12.7. The van der Waals surface area contributed by atoms with Gasteiger partial charge in [0.1, 0.15) is 5.82 Å². The third-order valence-electron chi connectivity index (χ3n) is 2.65. The second kappa shape index (κ2) is 4.37. The average Bonchev–Trinajstić information content (AvgIpc) is 2.91. The molecule has 2 N–H and O–H groups in total. The number of benzene rings is 1. The maximum atomic E-state index is 6.11. The van der Waals surface area contributed by atoms with Crippen molar-refractivity contribution in [2.24, 2.45) is 0 Å². The fourth-order valence-corrected chi connectivity index (χ4v) is 2.37. The normalized spacial score (nSPS) is 13.0. The molecule has 0 saturated heterocycles. The predicted molar refractivity (Wildman–Crippen MR) is 71.0 cm³/mol. The van der Waals surface area contributed by atoms with E-state index in [1.807, 2.05) is 12.1 Å². The fraction of sp³-hybridized carbons (Fsp3) is 0.182. The monoisotopic (exact) mass is 329 g/mol. The molecular formula is C11H9BrClN3O2. The average molecular weight is 331 g/mol. The van der Waals surface area contributed by atoms with Gasteiger partial charge in [0.2, 0.25) is 6.79 Å². The van der Waals surface area contributed by atoms with Gasteiger partial charge in [-0.3, -0.25) is 0 Å². The Balaban J connectivity index is 1.94. The summed E-state index contributed by atoms with van der Waals surface area (Å²) in [6.07, 6.45) is 1.66. The number of halogens is 2. The zero-order valence-electron chi connectivity index (χ0n) is 9.19. The van der Waals surface area contributed by atoms with Gasteiger partial charge in [0.25, 0.3) is 0 Å². The summed E-state index contributed by atoms with van der Waals surface area (Å²) < 4.78 is 13.0. The Labute approximate surface area is 117 Å². The van der Waals surface area contributed by atoms with Gasteiger partial charge in [-0.15, -0.1) is 0 Å². The molecule has 0 bridgehead atoms. The molecule has 0 atom stereocenters. The zero-order valence-corrected chi connectivity index (χ0v) is 11.5. The van der Waals surface area contributed by atoms with Gasteiger partial charge < -0.3 is 15.2 Å². The summed E-state index contributed by atoms with van der Waals surface area (Å²) in [6, 6.07) is 3.70. The second-order valence-corrected chi connectivity index (χ2v) is 5.11. The Morgan fingerprint density at radius 1 is 1.44 bits per heavy atom. The lowest BCUT2D eigenvalue weighted by atomic mass is 10.2. The van der Waals surface area contributed by atoms with E-state index in [4.69, 9.17) is 26.8 Å². The third-order valence-corrected chi connectivity index (χ3v) is 3.54. The highest BCUT2D eigenvalue weighted by atomic mass is 79.9. The van der Waals surface area contributed by atoms with Gasteiger partial charge in [0, 0.05) is 0 Å². The molecule has 0 fully saturated rings. The van der Waals surface area contributed by atoms with E-state index in [0.29, 0.717) is 28.9 Å². The van der Waals surface area contributed by atoms with Gasteiger partial charge in [0.05, 0.1) is 22.2 Å². The second-order valence-electron chi connectivity index (χ2n) is 3.85. The molecule has 7 heteroatoms. The van der Waals surface area contributed by atoms with E-state index in [2.05, 4.69) is 21.0 Å². The van der Waals surface area contributed by atoms with Crippen LogP contribution in [0.4, 0.5) is 5.82 Å². The van der Waals surface area contributed by atoms with Gasteiger partial charge in [-0.2, -0.15) is 5.10 Å². The molecule has 5 nitrogen and oxygen atoms in total. The van der Waals surface area contributed by atoms with Crippen molar-refractivity contribution in [3.8, 4) is 11.5 Å². The summed E-state index contributed by atoms with van der Waals surface area (Å²) in [5.41, 5.74) is 6.82. The Hall–Kier alpha value is -1.40. The quantitative estimate of drug-likeness (QED) is 0.919. The summed E-state index contributed by atoms with van der Waals surface area (Å²) in [7, 11) is 0. The van der Waals surface area contributed by atoms with Crippen LogP contribution in [0.5, 0.6) is 11.5 Å². The number of aromatic nitrogens is 2. The van der Waals surface area contributed by atoms with Crippen molar-refractivity contribution in [2.75, 3.05) is 12.5 Å². The van der Waals surface area contributed by atoms with Crippen LogP contribution in [0.15, 0.2) is 22.8 Å². The Bertz CT molecular complexity index is 615. The maximum Gasteiger partial charge on any atom is 0.231 e. The maximum absolute atomic E-state index is 6.11. The van der Waals surface area contributed by atoms with Crippen molar-refractivity contribution in [3.05, 3.63) is 33.4 Å². The molecule has 94 valence electrons. The van der Waals surface area contributed by atoms with Crippen LogP contribution in [-0.2, 0) is 6.54 Å². The van der Waals surface area contributed by atoms with Crippen LogP contribution in [0, 0.1) is 0 Å². The van der Waals surface area contributed by atoms with Crippen LogP contribution in [0.3, 0.4) is 0 Å². The van der Waals surface area contributed by atoms with Crippen LogP contribution < -0.4 is 15.2 Å². The number of nitrogen functional groups attached to an aromatic ring is 1. The molecule has 0 aliphatic carbocycles. The van der Waals surface area contributed by atoms with Gasteiger partial charge >= 0.3 is 0 Å². The van der Waals surface area contributed by atoms with Crippen LogP contribution in [0.1, 0.15) is 5.56 Å². The van der Waals surface area contributed by atoms with Gasteiger partial charge in [-0.25, -0.2) is 4.68 Å². The SMILES string of the molecule is Nc1c(Br)cnn1Cc1cc(Cl)c2c(c1)OCO2. The first-order valence-corrected chi connectivity index (χ1v) is 6.37.